The number of ether oxygens (including phenoxy) is 1. The Labute approximate surface area is 74.3 Å². The van der Waals surface area contributed by atoms with Gasteiger partial charge in [-0.25, -0.2) is 0 Å². The van der Waals surface area contributed by atoms with Crippen molar-refractivity contribution in [1.29, 1.82) is 0 Å². The van der Waals surface area contributed by atoms with Gasteiger partial charge in [0.15, 0.2) is 0 Å². The molecule has 1 unspecified atom stereocenters. The van der Waals surface area contributed by atoms with Crippen molar-refractivity contribution in [3.8, 4) is 0 Å². The maximum absolute atomic E-state index is 8.59. The summed E-state index contributed by atoms with van der Waals surface area (Å²) in [7, 11) is 2.13. The highest BCUT2D eigenvalue weighted by Gasteiger charge is 2.15. The van der Waals surface area contributed by atoms with E-state index >= 15 is 0 Å². The van der Waals surface area contributed by atoms with Crippen LogP contribution in [0.2, 0.25) is 0 Å². The molecule has 1 N–H and O–H groups in total. The predicted octanol–water partition coefficient (Wildman–Crippen LogP) is 0.480. The molecule has 1 rings (SSSR count). The van der Waals surface area contributed by atoms with Gasteiger partial charge in [-0.3, -0.25) is 0 Å². The predicted molar refractivity (Wildman–Crippen MR) is 48.2 cm³/mol. The van der Waals surface area contributed by atoms with Crippen LogP contribution in [0.1, 0.15) is 19.3 Å². The Morgan fingerprint density at radius 1 is 1.50 bits per heavy atom. The first-order chi connectivity index (χ1) is 5.83. The van der Waals surface area contributed by atoms with Gasteiger partial charge in [0, 0.05) is 6.54 Å². The van der Waals surface area contributed by atoms with Gasteiger partial charge in [-0.1, -0.05) is 0 Å². The summed E-state index contributed by atoms with van der Waals surface area (Å²) in [6.07, 6.45) is 4.00. The van der Waals surface area contributed by atoms with Crippen LogP contribution in [-0.2, 0) is 4.74 Å². The molecule has 3 heteroatoms. The molecule has 0 aliphatic carbocycles. The molecule has 1 aliphatic rings. The first-order valence-electron chi connectivity index (χ1n) is 4.74. The molecule has 12 heavy (non-hydrogen) atoms. The number of aliphatic hydroxyl groups is 1. The number of nitrogens with zero attached hydrogens (tertiary/aromatic N) is 1. The largest absolute Gasteiger partial charge is 0.394 e. The van der Waals surface area contributed by atoms with Crippen molar-refractivity contribution >= 4 is 0 Å². The summed E-state index contributed by atoms with van der Waals surface area (Å²) in [6.45, 7) is 2.82. The zero-order chi connectivity index (χ0) is 8.81. The lowest BCUT2D eigenvalue weighted by Gasteiger charge is -2.19. The van der Waals surface area contributed by atoms with Gasteiger partial charge in [0.25, 0.3) is 0 Å². The second-order valence-corrected chi connectivity index (χ2v) is 3.47. The van der Waals surface area contributed by atoms with Gasteiger partial charge in [0.1, 0.15) is 0 Å². The Bertz CT molecular complexity index is 119. The number of likely N-dealkylation sites (N-methyl/N-ethyl adjacent to an activating group) is 1. The maximum Gasteiger partial charge on any atom is 0.0703 e. The summed E-state index contributed by atoms with van der Waals surface area (Å²) in [5.74, 6) is 0. The first-order valence-corrected chi connectivity index (χ1v) is 4.74. The number of hydrogen-bond donors (Lipinski definition) is 1. The Hall–Kier alpha value is -0.120. The third-order valence-corrected chi connectivity index (χ3v) is 2.28. The molecule has 0 aromatic heterocycles. The molecule has 0 bridgehead atoms. The third kappa shape index (κ3) is 3.52. The molecule has 72 valence electrons. The summed E-state index contributed by atoms with van der Waals surface area (Å²) < 4.78 is 5.49. The lowest BCUT2D eigenvalue weighted by molar-refractivity contribution is 0.0135. The van der Waals surface area contributed by atoms with Gasteiger partial charge >= 0.3 is 0 Å². The molecular weight excluding hydrogens is 154 g/mol. The van der Waals surface area contributed by atoms with Crippen LogP contribution in [0.25, 0.3) is 0 Å². The zero-order valence-electron chi connectivity index (χ0n) is 7.83. The zero-order valence-corrected chi connectivity index (χ0v) is 7.83. The van der Waals surface area contributed by atoms with Crippen molar-refractivity contribution in [2.24, 2.45) is 0 Å². The molecule has 3 nitrogen and oxygen atoms in total. The summed E-state index contributed by atoms with van der Waals surface area (Å²) >= 11 is 0. The van der Waals surface area contributed by atoms with Crippen LogP contribution in [0.15, 0.2) is 0 Å². The van der Waals surface area contributed by atoms with E-state index in [2.05, 4.69) is 11.9 Å². The average Bonchev–Trinajstić information content (AvgIpc) is 2.26. The van der Waals surface area contributed by atoms with Crippen molar-refractivity contribution in [1.82, 2.24) is 4.90 Å². The normalized spacial score (nSPS) is 27.0. The SMILES string of the molecule is CN1CCCCC(OCCO)C1. The van der Waals surface area contributed by atoms with Crippen molar-refractivity contribution in [3.63, 3.8) is 0 Å². The van der Waals surface area contributed by atoms with E-state index in [-0.39, 0.29) is 6.61 Å². The van der Waals surface area contributed by atoms with Crippen molar-refractivity contribution < 1.29 is 9.84 Å². The molecule has 0 aromatic carbocycles. The average molecular weight is 173 g/mol. The second-order valence-electron chi connectivity index (χ2n) is 3.47. The highest BCUT2D eigenvalue weighted by molar-refractivity contribution is 4.68. The molecule has 0 amide bonds. The van der Waals surface area contributed by atoms with Crippen LogP contribution in [-0.4, -0.2) is 49.5 Å². The molecule has 1 heterocycles. The molecule has 0 aromatic rings. The van der Waals surface area contributed by atoms with E-state index in [0.717, 1.165) is 13.0 Å². The molecule has 1 atom stereocenters. The monoisotopic (exact) mass is 173 g/mol. The molecule has 1 saturated heterocycles. The van der Waals surface area contributed by atoms with Gasteiger partial charge in [-0.2, -0.15) is 0 Å². The Morgan fingerprint density at radius 2 is 2.33 bits per heavy atom. The minimum absolute atomic E-state index is 0.139. The lowest BCUT2D eigenvalue weighted by Crippen LogP contribution is -2.29. The molecule has 0 spiro atoms. The minimum Gasteiger partial charge on any atom is -0.394 e. The third-order valence-electron chi connectivity index (χ3n) is 2.28. The maximum atomic E-state index is 8.59. The van der Waals surface area contributed by atoms with E-state index in [1.807, 2.05) is 0 Å². The van der Waals surface area contributed by atoms with Crippen molar-refractivity contribution in [2.75, 3.05) is 33.4 Å². The van der Waals surface area contributed by atoms with Gasteiger partial charge < -0.3 is 14.7 Å². The van der Waals surface area contributed by atoms with Crippen molar-refractivity contribution in [3.05, 3.63) is 0 Å². The highest BCUT2D eigenvalue weighted by Crippen LogP contribution is 2.11. The fourth-order valence-electron chi connectivity index (χ4n) is 1.64. The van der Waals surface area contributed by atoms with Gasteiger partial charge in [-0.15, -0.1) is 0 Å². The Balaban J connectivity index is 2.21. The topological polar surface area (TPSA) is 32.7 Å². The minimum atomic E-state index is 0.139. The van der Waals surface area contributed by atoms with Crippen LogP contribution < -0.4 is 0 Å². The van der Waals surface area contributed by atoms with Gasteiger partial charge in [0.2, 0.25) is 0 Å². The van der Waals surface area contributed by atoms with Crippen LogP contribution in [0, 0.1) is 0 Å². The molecule has 0 saturated carbocycles. The number of hydrogen-bond acceptors (Lipinski definition) is 3. The number of aliphatic hydroxyl groups excluding tert-OH is 1. The van der Waals surface area contributed by atoms with E-state index in [0.29, 0.717) is 12.7 Å². The Morgan fingerprint density at radius 3 is 3.08 bits per heavy atom. The van der Waals surface area contributed by atoms with Crippen LogP contribution in [0.4, 0.5) is 0 Å². The van der Waals surface area contributed by atoms with Crippen LogP contribution in [0.3, 0.4) is 0 Å². The van der Waals surface area contributed by atoms with Gasteiger partial charge in [0.05, 0.1) is 19.3 Å². The second kappa shape index (κ2) is 5.51. The molecule has 1 fully saturated rings. The standard InChI is InChI=1S/C9H19NO2/c1-10-5-3-2-4-9(8-10)12-7-6-11/h9,11H,2-8H2,1H3. The summed E-state index contributed by atoms with van der Waals surface area (Å²) in [5.41, 5.74) is 0. The first kappa shape index (κ1) is 9.96. The van der Waals surface area contributed by atoms with Crippen LogP contribution in [0.5, 0.6) is 0 Å². The van der Waals surface area contributed by atoms with E-state index in [1.165, 1.54) is 19.4 Å². The van der Waals surface area contributed by atoms with Gasteiger partial charge in [-0.05, 0) is 32.9 Å². The highest BCUT2D eigenvalue weighted by atomic mass is 16.5. The molecular formula is C9H19NO2. The van der Waals surface area contributed by atoms with E-state index in [9.17, 15) is 0 Å². The molecule has 0 radical (unpaired) electrons. The summed E-state index contributed by atoms with van der Waals surface area (Å²) in [4.78, 5) is 2.30. The molecule has 1 aliphatic heterocycles. The number of likely N-dealkylation sites (tertiary alicyclic amines) is 1. The van der Waals surface area contributed by atoms with E-state index < -0.39 is 0 Å². The summed E-state index contributed by atoms with van der Waals surface area (Å²) in [6, 6.07) is 0. The fourth-order valence-corrected chi connectivity index (χ4v) is 1.64. The smallest absolute Gasteiger partial charge is 0.0703 e. The fraction of sp³-hybridized carbons (Fsp3) is 1.00. The summed E-state index contributed by atoms with van der Waals surface area (Å²) in [5, 5.41) is 8.59. The van der Waals surface area contributed by atoms with E-state index in [4.69, 9.17) is 9.84 Å². The Kier molecular flexibility index (Phi) is 4.58. The number of rotatable bonds is 3. The van der Waals surface area contributed by atoms with Crippen molar-refractivity contribution in [2.45, 2.75) is 25.4 Å². The van der Waals surface area contributed by atoms with Crippen LogP contribution >= 0.6 is 0 Å². The van der Waals surface area contributed by atoms with E-state index in [1.54, 1.807) is 0 Å². The lowest BCUT2D eigenvalue weighted by atomic mass is 10.2. The quantitative estimate of drug-likeness (QED) is 0.674.